The molecule has 5 heteroatoms. The van der Waals surface area contributed by atoms with Gasteiger partial charge in [-0.15, -0.1) is 11.3 Å². The number of carbonyl (C=O) groups is 1. The number of hydrogen-bond donors (Lipinski definition) is 0. The zero-order valence-corrected chi connectivity index (χ0v) is 13.5. The smallest absolute Gasteiger partial charge is 0.267 e. The van der Waals surface area contributed by atoms with E-state index in [0.717, 1.165) is 10.4 Å². The molecule has 0 N–H and O–H groups in total. The molecule has 114 valence electrons. The summed E-state index contributed by atoms with van der Waals surface area (Å²) in [5, 5.41) is 8.65. The second-order valence-corrected chi connectivity index (χ2v) is 5.79. The molecule has 0 saturated carbocycles. The van der Waals surface area contributed by atoms with Gasteiger partial charge in [-0.1, -0.05) is 30.3 Å². The van der Waals surface area contributed by atoms with Gasteiger partial charge >= 0.3 is 0 Å². The monoisotopic (exact) mass is 314 g/mol. The molecule has 1 aromatic carbocycles. The molecule has 1 amide bonds. The lowest BCUT2D eigenvalue weighted by Gasteiger charge is -2.15. The molecule has 0 radical (unpaired) electrons. The average Bonchev–Trinajstić information content (AvgIpc) is 2.97. The highest BCUT2D eigenvalue weighted by molar-refractivity contribution is 7.17. The largest absolute Gasteiger partial charge is 0.492 e. The minimum atomic E-state index is -0.106. The predicted molar refractivity (Wildman–Crippen MR) is 88.1 cm³/mol. The maximum Gasteiger partial charge on any atom is 0.267 e. The van der Waals surface area contributed by atoms with Crippen LogP contribution in [0.2, 0.25) is 0 Å². The Morgan fingerprint density at radius 2 is 2.09 bits per heavy atom. The Morgan fingerprint density at radius 1 is 1.36 bits per heavy atom. The molecule has 2 rings (SSSR count). The van der Waals surface area contributed by atoms with Crippen LogP contribution in [0, 0.1) is 11.3 Å². The van der Waals surface area contributed by atoms with Gasteiger partial charge in [0.25, 0.3) is 5.91 Å². The second-order valence-electron chi connectivity index (χ2n) is 4.74. The molecule has 4 nitrogen and oxygen atoms in total. The molecule has 0 fully saturated rings. The average molecular weight is 314 g/mol. The first-order valence-corrected chi connectivity index (χ1v) is 7.93. The van der Waals surface area contributed by atoms with Gasteiger partial charge in [-0.3, -0.25) is 4.79 Å². The van der Waals surface area contributed by atoms with Crippen LogP contribution in [-0.2, 0) is 0 Å². The van der Waals surface area contributed by atoms with Crippen LogP contribution in [0.1, 0.15) is 23.0 Å². The van der Waals surface area contributed by atoms with Crippen molar-refractivity contribution in [3.63, 3.8) is 0 Å². The summed E-state index contributed by atoms with van der Waals surface area (Å²) in [5.74, 6) is 0.506. The van der Waals surface area contributed by atoms with E-state index in [1.807, 2.05) is 43.3 Å². The Bertz CT molecular complexity index is 674. The fourth-order valence-corrected chi connectivity index (χ4v) is 3.12. The number of nitriles is 1. The number of benzene rings is 1. The van der Waals surface area contributed by atoms with Gasteiger partial charge in [0.15, 0.2) is 0 Å². The number of ether oxygens (including phenoxy) is 1. The Balaban J connectivity index is 2.32. The molecular formula is C17H18N2O2S. The first-order chi connectivity index (χ1) is 10.7. The van der Waals surface area contributed by atoms with Crippen LogP contribution in [0.5, 0.6) is 5.75 Å². The normalized spacial score (nSPS) is 10.0. The lowest BCUT2D eigenvalue weighted by Crippen LogP contribution is -2.27. The van der Waals surface area contributed by atoms with E-state index < -0.39 is 0 Å². The first kappa shape index (κ1) is 16.1. The summed E-state index contributed by atoms with van der Waals surface area (Å²) < 4.78 is 5.61. The van der Waals surface area contributed by atoms with Crippen molar-refractivity contribution in [3.8, 4) is 22.3 Å². The van der Waals surface area contributed by atoms with E-state index >= 15 is 0 Å². The summed E-state index contributed by atoms with van der Waals surface area (Å²) in [5.41, 5.74) is 1.06. The van der Waals surface area contributed by atoms with Gasteiger partial charge in [0.2, 0.25) is 0 Å². The van der Waals surface area contributed by atoms with Gasteiger partial charge < -0.3 is 9.64 Å². The fraction of sp³-hybridized carbons (Fsp3) is 0.294. The first-order valence-electron chi connectivity index (χ1n) is 7.11. The zero-order chi connectivity index (χ0) is 15.9. The van der Waals surface area contributed by atoms with Gasteiger partial charge in [-0.05, 0) is 18.6 Å². The van der Waals surface area contributed by atoms with Crippen LogP contribution in [0.15, 0.2) is 36.4 Å². The van der Waals surface area contributed by atoms with Gasteiger partial charge in [-0.25, -0.2) is 0 Å². The van der Waals surface area contributed by atoms with Crippen molar-refractivity contribution in [3.05, 3.63) is 41.3 Å². The van der Waals surface area contributed by atoms with Crippen molar-refractivity contribution in [2.24, 2.45) is 0 Å². The van der Waals surface area contributed by atoms with Gasteiger partial charge in [0.1, 0.15) is 10.6 Å². The van der Waals surface area contributed by atoms with E-state index in [-0.39, 0.29) is 5.91 Å². The SMILES string of the molecule is CCOc1cc(-c2ccccc2)sc1C(=O)N(C)CCC#N. The number of nitrogens with zero attached hydrogens (tertiary/aromatic N) is 2. The van der Waals surface area contributed by atoms with Crippen molar-refractivity contribution in [2.45, 2.75) is 13.3 Å². The van der Waals surface area contributed by atoms with Crippen LogP contribution < -0.4 is 4.74 Å². The van der Waals surface area contributed by atoms with Crippen LogP contribution in [0.3, 0.4) is 0 Å². The summed E-state index contributed by atoms with van der Waals surface area (Å²) in [7, 11) is 1.71. The Hall–Kier alpha value is -2.32. The topological polar surface area (TPSA) is 53.3 Å². The number of hydrogen-bond acceptors (Lipinski definition) is 4. The fourth-order valence-electron chi connectivity index (χ4n) is 2.02. The molecule has 0 aliphatic rings. The molecular weight excluding hydrogens is 296 g/mol. The number of carbonyl (C=O) groups excluding carboxylic acids is 1. The molecule has 0 aliphatic heterocycles. The number of thiophene rings is 1. The van der Waals surface area contributed by atoms with Gasteiger partial charge in [0, 0.05) is 18.5 Å². The molecule has 0 unspecified atom stereocenters. The summed E-state index contributed by atoms with van der Waals surface area (Å²) >= 11 is 1.42. The van der Waals surface area contributed by atoms with Crippen LogP contribution in [-0.4, -0.2) is 31.0 Å². The van der Waals surface area contributed by atoms with Crippen LogP contribution in [0.4, 0.5) is 0 Å². The Labute approximate surface area is 134 Å². The molecule has 0 bridgehead atoms. The quantitative estimate of drug-likeness (QED) is 0.815. The van der Waals surface area contributed by atoms with Crippen molar-refractivity contribution < 1.29 is 9.53 Å². The van der Waals surface area contributed by atoms with Gasteiger partial charge in [0.05, 0.1) is 19.1 Å². The van der Waals surface area contributed by atoms with E-state index in [9.17, 15) is 4.79 Å². The van der Waals surface area contributed by atoms with Crippen molar-refractivity contribution in [1.29, 1.82) is 5.26 Å². The summed E-state index contributed by atoms with van der Waals surface area (Å²) in [4.78, 5) is 15.7. The second kappa shape index (κ2) is 7.62. The highest BCUT2D eigenvalue weighted by atomic mass is 32.1. The van der Waals surface area contributed by atoms with Crippen LogP contribution in [0.25, 0.3) is 10.4 Å². The standard InChI is InChI=1S/C17H18N2O2S/c1-3-21-14-12-15(13-8-5-4-6-9-13)22-16(14)17(20)19(2)11-7-10-18/h4-6,8-9,12H,3,7,11H2,1-2H3. The van der Waals surface area contributed by atoms with Crippen molar-refractivity contribution >= 4 is 17.2 Å². The zero-order valence-electron chi connectivity index (χ0n) is 12.7. The van der Waals surface area contributed by atoms with E-state index in [2.05, 4.69) is 6.07 Å². The molecule has 1 aromatic heterocycles. The summed E-state index contributed by atoms with van der Waals surface area (Å²) in [6.07, 6.45) is 0.323. The molecule has 0 aliphatic carbocycles. The third-order valence-electron chi connectivity index (χ3n) is 3.16. The van der Waals surface area contributed by atoms with Crippen LogP contribution >= 0.6 is 11.3 Å². The lowest BCUT2D eigenvalue weighted by molar-refractivity contribution is 0.0799. The van der Waals surface area contributed by atoms with Crippen molar-refractivity contribution in [2.75, 3.05) is 20.2 Å². The molecule has 22 heavy (non-hydrogen) atoms. The highest BCUT2D eigenvalue weighted by Crippen LogP contribution is 2.37. The van der Waals surface area contributed by atoms with Gasteiger partial charge in [-0.2, -0.15) is 5.26 Å². The highest BCUT2D eigenvalue weighted by Gasteiger charge is 2.21. The molecule has 2 aromatic rings. The number of amides is 1. The maximum absolute atomic E-state index is 12.5. The third-order valence-corrected chi connectivity index (χ3v) is 4.31. The summed E-state index contributed by atoms with van der Waals surface area (Å²) in [6.45, 7) is 2.82. The lowest BCUT2D eigenvalue weighted by atomic mass is 10.2. The Morgan fingerprint density at radius 3 is 2.73 bits per heavy atom. The van der Waals surface area contributed by atoms with E-state index in [1.54, 1.807) is 11.9 Å². The van der Waals surface area contributed by atoms with E-state index in [1.165, 1.54) is 11.3 Å². The molecule has 0 saturated heterocycles. The molecule has 1 heterocycles. The minimum Gasteiger partial charge on any atom is -0.492 e. The Kier molecular flexibility index (Phi) is 5.56. The summed E-state index contributed by atoms with van der Waals surface area (Å²) in [6, 6.07) is 13.9. The molecule has 0 spiro atoms. The van der Waals surface area contributed by atoms with E-state index in [4.69, 9.17) is 10.00 Å². The van der Waals surface area contributed by atoms with Crippen molar-refractivity contribution in [1.82, 2.24) is 4.90 Å². The minimum absolute atomic E-state index is 0.106. The van der Waals surface area contributed by atoms with E-state index in [0.29, 0.717) is 30.2 Å². The number of rotatable bonds is 6. The predicted octanol–water partition coefficient (Wildman–Crippen LogP) is 3.80. The third kappa shape index (κ3) is 3.66. The maximum atomic E-state index is 12.5. The molecule has 0 atom stereocenters.